The minimum absolute atomic E-state index is 0.0743. The van der Waals surface area contributed by atoms with Crippen LogP contribution in [0.25, 0.3) is 0 Å². The van der Waals surface area contributed by atoms with Gasteiger partial charge in [0.05, 0.1) is 17.9 Å². The van der Waals surface area contributed by atoms with Crippen LogP contribution in [-0.4, -0.2) is 24.9 Å². The van der Waals surface area contributed by atoms with E-state index in [0.717, 1.165) is 29.3 Å². The Kier molecular flexibility index (Phi) is 4.44. The third-order valence-electron chi connectivity index (χ3n) is 3.52. The van der Waals surface area contributed by atoms with Gasteiger partial charge in [0.1, 0.15) is 11.0 Å². The van der Waals surface area contributed by atoms with Crippen molar-refractivity contribution in [3.05, 3.63) is 34.1 Å². The molecule has 0 aliphatic carbocycles. The molecule has 0 saturated heterocycles. The van der Waals surface area contributed by atoms with Gasteiger partial charge in [0.25, 0.3) is 0 Å². The van der Waals surface area contributed by atoms with Gasteiger partial charge in [-0.1, -0.05) is 11.6 Å². The number of imidazole rings is 1. The van der Waals surface area contributed by atoms with Crippen molar-refractivity contribution in [1.29, 1.82) is 0 Å². The van der Waals surface area contributed by atoms with Crippen molar-refractivity contribution < 1.29 is 0 Å². The third-order valence-corrected chi connectivity index (χ3v) is 4.00. The summed E-state index contributed by atoms with van der Waals surface area (Å²) < 4.78 is 3.90. The molecule has 21 heavy (non-hydrogen) atoms. The van der Waals surface area contributed by atoms with E-state index < -0.39 is 0 Å². The van der Waals surface area contributed by atoms with Gasteiger partial charge in [0, 0.05) is 30.9 Å². The first-order chi connectivity index (χ1) is 9.69. The second kappa shape index (κ2) is 5.81. The normalized spacial score (nSPS) is 12.1. The van der Waals surface area contributed by atoms with Crippen LogP contribution >= 0.6 is 11.6 Å². The zero-order chi connectivity index (χ0) is 15.8. The largest absolute Gasteiger partial charge is 0.326 e. The molecule has 1 N–H and O–H groups in total. The molecule has 0 unspecified atom stereocenters. The molecule has 0 aromatic carbocycles. The van der Waals surface area contributed by atoms with Gasteiger partial charge in [0.2, 0.25) is 0 Å². The Labute approximate surface area is 131 Å². The molecular formula is C15H24ClN5. The molecular weight excluding hydrogens is 286 g/mol. The first-order valence-corrected chi connectivity index (χ1v) is 7.51. The predicted octanol–water partition coefficient (Wildman–Crippen LogP) is 2.82. The highest BCUT2D eigenvalue weighted by Gasteiger charge is 2.16. The number of halogens is 1. The first-order valence-electron chi connectivity index (χ1n) is 7.13. The summed E-state index contributed by atoms with van der Waals surface area (Å²) in [4.78, 5) is 4.43. The van der Waals surface area contributed by atoms with Crippen LogP contribution in [0, 0.1) is 13.8 Å². The molecule has 0 aliphatic heterocycles. The van der Waals surface area contributed by atoms with Crippen molar-refractivity contribution in [2.24, 2.45) is 7.05 Å². The molecule has 116 valence electrons. The Balaban J connectivity index is 2.26. The van der Waals surface area contributed by atoms with Gasteiger partial charge in [-0.25, -0.2) is 4.98 Å². The SMILES string of the molecule is Cc1nn(C)c(Cl)c1Cn1c(CNC(C)(C)C)cnc1C. The van der Waals surface area contributed by atoms with E-state index in [1.165, 1.54) is 0 Å². The summed E-state index contributed by atoms with van der Waals surface area (Å²) in [6.07, 6.45) is 1.92. The molecule has 0 bridgehead atoms. The molecule has 0 fully saturated rings. The van der Waals surface area contributed by atoms with Crippen LogP contribution in [0.2, 0.25) is 5.15 Å². The molecule has 0 spiro atoms. The maximum absolute atomic E-state index is 6.34. The van der Waals surface area contributed by atoms with Crippen molar-refractivity contribution in [3.63, 3.8) is 0 Å². The van der Waals surface area contributed by atoms with Crippen molar-refractivity contribution in [2.75, 3.05) is 0 Å². The van der Waals surface area contributed by atoms with E-state index in [1.54, 1.807) is 4.68 Å². The highest BCUT2D eigenvalue weighted by Crippen LogP contribution is 2.21. The summed E-state index contributed by atoms with van der Waals surface area (Å²) in [6, 6.07) is 0. The minimum Gasteiger partial charge on any atom is -0.326 e. The molecule has 0 atom stereocenters. The monoisotopic (exact) mass is 309 g/mol. The van der Waals surface area contributed by atoms with E-state index in [4.69, 9.17) is 11.6 Å². The van der Waals surface area contributed by atoms with E-state index in [-0.39, 0.29) is 5.54 Å². The first kappa shape index (κ1) is 16.0. The zero-order valence-electron chi connectivity index (χ0n) is 13.7. The smallest absolute Gasteiger partial charge is 0.131 e. The van der Waals surface area contributed by atoms with E-state index >= 15 is 0 Å². The third kappa shape index (κ3) is 3.66. The molecule has 0 saturated carbocycles. The molecule has 0 amide bonds. The molecule has 2 aromatic heterocycles. The summed E-state index contributed by atoms with van der Waals surface area (Å²) in [5, 5.41) is 8.56. The lowest BCUT2D eigenvalue weighted by Gasteiger charge is -2.21. The number of rotatable bonds is 4. The maximum atomic E-state index is 6.34. The number of aromatic nitrogens is 4. The average molecular weight is 310 g/mol. The van der Waals surface area contributed by atoms with Crippen LogP contribution in [0.5, 0.6) is 0 Å². The molecule has 2 rings (SSSR count). The number of aryl methyl sites for hydroxylation is 3. The number of hydrogen-bond acceptors (Lipinski definition) is 3. The number of hydrogen-bond donors (Lipinski definition) is 1. The van der Waals surface area contributed by atoms with Gasteiger partial charge < -0.3 is 9.88 Å². The van der Waals surface area contributed by atoms with Crippen LogP contribution in [0.4, 0.5) is 0 Å². The van der Waals surface area contributed by atoms with Crippen molar-refractivity contribution in [2.45, 2.75) is 53.2 Å². The highest BCUT2D eigenvalue weighted by molar-refractivity contribution is 6.30. The minimum atomic E-state index is 0.0743. The van der Waals surface area contributed by atoms with Crippen molar-refractivity contribution in [1.82, 2.24) is 24.6 Å². The lowest BCUT2D eigenvalue weighted by atomic mass is 10.1. The maximum Gasteiger partial charge on any atom is 0.131 e. The van der Waals surface area contributed by atoms with E-state index in [1.807, 2.05) is 27.1 Å². The predicted molar refractivity (Wildman–Crippen MR) is 85.6 cm³/mol. The summed E-state index contributed by atoms with van der Waals surface area (Å²) in [5.41, 5.74) is 3.24. The van der Waals surface area contributed by atoms with Gasteiger partial charge in [0.15, 0.2) is 0 Å². The summed E-state index contributed by atoms with van der Waals surface area (Å²) in [6.45, 7) is 11.9. The van der Waals surface area contributed by atoms with E-state index in [9.17, 15) is 0 Å². The van der Waals surface area contributed by atoms with Gasteiger partial charge >= 0.3 is 0 Å². The van der Waals surface area contributed by atoms with Crippen LogP contribution in [0.3, 0.4) is 0 Å². The molecule has 0 aliphatic rings. The molecule has 0 radical (unpaired) electrons. The molecule has 2 heterocycles. The Morgan fingerprint density at radius 3 is 2.48 bits per heavy atom. The summed E-state index contributed by atoms with van der Waals surface area (Å²) in [5.74, 6) is 0.986. The molecule has 6 heteroatoms. The van der Waals surface area contributed by atoms with Gasteiger partial charge in [-0.3, -0.25) is 4.68 Å². The Morgan fingerprint density at radius 1 is 1.29 bits per heavy atom. The van der Waals surface area contributed by atoms with E-state index in [2.05, 4.69) is 40.7 Å². The fourth-order valence-corrected chi connectivity index (χ4v) is 2.47. The number of nitrogens with one attached hydrogen (secondary N) is 1. The lowest BCUT2D eigenvalue weighted by molar-refractivity contribution is 0.416. The van der Waals surface area contributed by atoms with Gasteiger partial charge in [-0.05, 0) is 34.6 Å². The Hall–Kier alpha value is -1.33. The number of nitrogens with zero attached hydrogens (tertiary/aromatic N) is 4. The zero-order valence-corrected chi connectivity index (χ0v) is 14.4. The lowest BCUT2D eigenvalue weighted by Crippen LogP contribution is -2.35. The van der Waals surface area contributed by atoms with Crippen LogP contribution in [0.15, 0.2) is 6.20 Å². The molecule has 2 aromatic rings. The second-order valence-corrected chi connectivity index (χ2v) is 6.82. The van der Waals surface area contributed by atoms with Crippen LogP contribution in [0.1, 0.15) is 43.5 Å². The Morgan fingerprint density at radius 2 is 1.95 bits per heavy atom. The Bertz CT molecular complexity index is 633. The second-order valence-electron chi connectivity index (χ2n) is 6.46. The van der Waals surface area contributed by atoms with Gasteiger partial charge in [-0.15, -0.1) is 0 Å². The quantitative estimate of drug-likeness (QED) is 0.944. The fourth-order valence-electron chi connectivity index (χ4n) is 2.24. The van der Waals surface area contributed by atoms with Crippen LogP contribution < -0.4 is 5.32 Å². The van der Waals surface area contributed by atoms with Crippen molar-refractivity contribution >= 4 is 11.6 Å². The van der Waals surface area contributed by atoms with Gasteiger partial charge in [-0.2, -0.15) is 5.10 Å². The summed E-state index contributed by atoms with van der Waals surface area (Å²) in [7, 11) is 1.86. The summed E-state index contributed by atoms with van der Waals surface area (Å²) >= 11 is 6.34. The van der Waals surface area contributed by atoms with E-state index in [0.29, 0.717) is 11.7 Å². The van der Waals surface area contributed by atoms with Crippen LogP contribution in [-0.2, 0) is 20.1 Å². The fraction of sp³-hybridized carbons (Fsp3) is 0.600. The molecule has 5 nitrogen and oxygen atoms in total. The standard InChI is InChI=1S/C15H24ClN5/c1-10-13(14(16)20(6)19-10)9-21-11(2)17-7-12(21)8-18-15(3,4)5/h7,18H,8-9H2,1-6H3. The topological polar surface area (TPSA) is 47.7 Å². The average Bonchev–Trinajstić information content (AvgIpc) is 2.82. The van der Waals surface area contributed by atoms with Crippen molar-refractivity contribution in [3.8, 4) is 0 Å². The highest BCUT2D eigenvalue weighted by atomic mass is 35.5.